The van der Waals surface area contributed by atoms with Crippen molar-refractivity contribution in [2.24, 2.45) is 0 Å². The second-order valence-electron chi connectivity index (χ2n) is 4.69. The summed E-state index contributed by atoms with van der Waals surface area (Å²) >= 11 is 0. The van der Waals surface area contributed by atoms with E-state index < -0.39 is 35.7 Å². The molecule has 1 aliphatic heterocycles. The molecule has 0 bridgehead atoms. The van der Waals surface area contributed by atoms with Gasteiger partial charge in [0.15, 0.2) is 12.2 Å². The van der Waals surface area contributed by atoms with E-state index in [-0.39, 0.29) is 5.69 Å². The minimum atomic E-state index is -1.13. The van der Waals surface area contributed by atoms with Gasteiger partial charge < -0.3 is 14.8 Å². The SMILES string of the molecule is C[C@@H](OC(=O)[C@@H]1CCCO1)C(=O)Nc1cc(F)ccc1F. The normalized spacial score (nSPS) is 19.1. The van der Waals surface area contributed by atoms with Crippen molar-refractivity contribution in [2.45, 2.75) is 32.0 Å². The molecule has 2 rings (SSSR count). The van der Waals surface area contributed by atoms with Crippen LogP contribution in [0.3, 0.4) is 0 Å². The number of anilines is 1. The zero-order valence-corrected chi connectivity index (χ0v) is 11.4. The standard InChI is InChI=1S/C14H15F2NO4/c1-8(21-14(19)12-3-2-6-20-12)13(18)17-11-7-9(15)4-5-10(11)16/h4-5,7-8,12H,2-3,6H2,1H3,(H,17,18)/t8-,12+/m1/s1. The number of nitrogens with one attached hydrogen (secondary N) is 1. The molecule has 0 saturated carbocycles. The van der Waals surface area contributed by atoms with E-state index in [0.29, 0.717) is 13.0 Å². The Bertz CT molecular complexity index is 544. The maximum atomic E-state index is 13.4. The first-order chi connectivity index (χ1) is 9.97. The number of carbonyl (C=O) groups excluding carboxylic acids is 2. The van der Waals surface area contributed by atoms with Gasteiger partial charge in [0.2, 0.25) is 0 Å². The maximum Gasteiger partial charge on any atom is 0.336 e. The molecule has 0 radical (unpaired) electrons. The van der Waals surface area contributed by atoms with E-state index in [2.05, 4.69) is 5.32 Å². The lowest BCUT2D eigenvalue weighted by molar-refractivity contribution is -0.162. The van der Waals surface area contributed by atoms with Crippen molar-refractivity contribution in [2.75, 3.05) is 11.9 Å². The van der Waals surface area contributed by atoms with E-state index in [9.17, 15) is 18.4 Å². The zero-order chi connectivity index (χ0) is 15.4. The number of esters is 1. The first-order valence-corrected chi connectivity index (χ1v) is 6.55. The number of rotatable bonds is 4. The van der Waals surface area contributed by atoms with Crippen LogP contribution in [0.25, 0.3) is 0 Å². The lowest BCUT2D eigenvalue weighted by atomic mass is 10.2. The number of carbonyl (C=O) groups is 2. The summed E-state index contributed by atoms with van der Waals surface area (Å²) in [5.41, 5.74) is -0.306. The summed E-state index contributed by atoms with van der Waals surface area (Å²) in [5.74, 6) is -2.83. The minimum Gasteiger partial charge on any atom is -0.451 e. The Hall–Kier alpha value is -2.02. The van der Waals surface area contributed by atoms with Crippen molar-refractivity contribution in [3.63, 3.8) is 0 Å². The predicted octanol–water partition coefficient (Wildman–Crippen LogP) is 2.01. The number of halogens is 2. The minimum absolute atomic E-state index is 0.306. The number of amides is 1. The molecule has 0 aliphatic carbocycles. The van der Waals surface area contributed by atoms with Crippen LogP contribution in [0.4, 0.5) is 14.5 Å². The summed E-state index contributed by atoms with van der Waals surface area (Å²) in [6.45, 7) is 1.83. The van der Waals surface area contributed by atoms with E-state index in [1.807, 2.05) is 0 Å². The molecule has 1 heterocycles. The average Bonchev–Trinajstić information content (AvgIpc) is 2.97. The second kappa shape index (κ2) is 6.62. The zero-order valence-electron chi connectivity index (χ0n) is 11.4. The van der Waals surface area contributed by atoms with Crippen molar-refractivity contribution in [3.05, 3.63) is 29.8 Å². The molecular weight excluding hydrogens is 284 g/mol. The molecule has 21 heavy (non-hydrogen) atoms. The van der Waals surface area contributed by atoms with Gasteiger partial charge in [0.1, 0.15) is 11.6 Å². The highest BCUT2D eigenvalue weighted by Gasteiger charge is 2.28. The Labute approximate surface area is 120 Å². The third-order valence-corrected chi connectivity index (χ3v) is 3.04. The molecule has 114 valence electrons. The Kier molecular flexibility index (Phi) is 4.85. The lowest BCUT2D eigenvalue weighted by Crippen LogP contribution is -2.34. The van der Waals surface area contributed by atoms with Crippen LogP contribution < -0.4 is 5.32 Å². The van der Waals surface area contributed by atoms with Crippen molar-refractivity contribution < 1.29 is 27.8 Å². The Balaban J connectivity index is 1.93. The molecule has 5 nitrogen and oxygen atoms in total. The molecule has 1 fully saturated rings. The van der Waals surface area contributed by atoms with Gasteiger partial charge in [-0.15, -0.1) is 0 Å². The predicted molar refractivity (Wildman–Crippen MR) is 69.5 cm³/mol. The van der Waals surface area contributed by atoms with Crippen LogP contribution >= 0.6 is 0 Å². The van der Waals surface area contributed by atoms with Crippen LogP contribution in [0, 0.1) is 11.6 Å². The highest BCUT2D eigenvalue weighted by atomic mass is 19.1. The smallest absolute Gasteiger partial charge is 0.336 e. The molecule has 1 aromatic rings. The Morgan fingerprint density at radius 3 is 2.86 bits per heavy atom. The van der Waals surface area contributed by atoms with Gasteiger partial charge in [-0.2, -0.15) is 0 Å². The molecule has 0 aromatic heterocycles. The molecule has 7 heteroatoms. The molecule has 1 saturated heterocycles. The van der Waals surface area contributed by atoms with Crippen molar-refractivity contribution >= 4 is 17.6 Å². The summed E-state index contributed by atoms with van der Waals surface area (Å²) in [6.07, 6.45) is -0.490. The quantitative estimate of drug-likeness (QED) is 0.864. The summed E-state index contributed by atoms with van der Waals surface area (Å²) in [6, 6.07) is 2.68. The molecular formula is C14H15F2NO4. The van der Waals surface area contributed by atoms with Gasteiger partial charge in [-0.3, -0.25) is 4.79 Å². The average molecular weight is 299 g/mol. The lowest BCUT2D eigenvalue weighted by Gasteiger charge is -2.16. The molecule has 1 N–H and O–H groups in total. The van der Waals surface area contributed by atoms with Gasteiger partial charge >= 0.3 is 5.97 Å². The Morgan fingerprint density at radius 2 is 2.19 bits per heavy atom. The van der Waals surface area contributed by atoms with E-state index in [4.69, 9.17) is 9.47 Å². The topological polar surface area (TPSA) is 64.6 Å². The second-order valence-corrected chi connectivity index (χ2v) is 4.69. The fourth-order valence-corrected chi connectivity index (χ4v) is 1.89. The summed E-state index contributed by atoms with van der Waals surface area (Å²) in [5, 5.41) is 2.17. The largest absolute Gasteiger partial charge is 0.451 e. The van der Waals surface area contributed by atoms with E-state index >= 15 is 0 Å². The van der Waals surface area contributed by atoms with Gasteiger partial charge in [0.05, 0.1) is 5.69 Å². The van der Waals surface area contributed by atoms with Crippen LogP contribution in [0.2, 0.25) is 0 Å². The van der Waals surface area contributed by atoms with Crippen molar-refractivity contribution in [3.8, 4) is 0 Å². The molecule has 0 unspecified atom stereocenters. The van der Waals surface area contributed by atoms with E-state index in [1.54, 1.807) is 0 Å². The summed E-state index contributed by atoms with van der Waals surface area (Å²) < 4.78 is 36.5. The fourth-order valence-electron chi connectivity index (χ4n) is 1.89. The number of benzene rings is 1. The number of hydrogen-bond donors (Lipinski definition) is 1. The van der Waals surface area contributed by atoms with Crippen LogP contribution in [0.1, 0.15) is 19.8 Å². The van der Waals surface area contributed by atoms with Gasteiger partial charge in [0, 0.05) is 12.7 Å². The van der Waals surface area contributed by atoms with Gasteiger partial charge in [-0.1, -0.05) is 0 Å². The molecule has 0 spiro atoms. The first kappa shape index (κ1) is 15.4. The maximum absolute atomic E-state index is 13.4. The van der Waals surface area contributed by atoms with E-state index in [1.165, 1.54) is 6.92 Å². The molecule has 1 amide bonds. The monoisotopic (exact) mass is 299 g/mol. The van der Waals surface area contributed by atoms with E-state index in [0.717, 1.165) is 24.6 Å². The third-order valence-electron chi connectivity index (χ3n) is 3.04. The van der Waals surface area contributed by atoms with Crippen LogP contribution in [-0.4, -0.2) is 30.7 Å². The van der Waals surface area contributed by atoms with Gasteiger partial charge in [-0.25, -0.2) is 13.6 Å². The summed E-state index contributed by atoms with van der Waals surface area (Å²) in [4.78, 5) is 23.5. The fraction of sp³-hybridized carbons (Fsp3) is 0.429. The van der Waals surface area contributed by atoms with Crippen LogP contribution in [0.5, 0.6) is 0 Å². The molecule has 2 atom stereocenters. The van der Waals surface area contributed by atoms with Gasteiger partial charge in [-0.05, 0) is 31.9 Å². The van der Waals surface area contributed by atoms with Crippen molar-refractivity contribution in [1.29, 1.82) is 0 Å². The number of hydrogen-bond acceptors (Lipinski definition) is 4. The highest BCUT2D eigenvalue weighted by Crippen LogP contribution is 2.17. The number of ether oxygens (including phenoxy) is 2. The van der Waals surface area contributed by atoms with Crippen molar-refractivity contribution in [1.82, 2.24) is 0 Å². The molecule has 1 aliphatic rings. The Morgan fingerprint density at radius 1 is 1.43 bits per heavy atom. The molecule has 1 aromatic carbocycles. The van der Waals surface area contributed by atoms with Gasteiger partial charge in [0.25, 0.3) is 5.91 Å². The first-order valence-electron chi connectivity index (χ1n) is 6.55. The van der Waals surface area contributed by atoms with Crippen LogP contribution in [-0.2, 0) is 19.1 Å². The third kappa shape index (κ3) is 3.98. The summed E-state index contributed by atoms with van der Waals surface area (Å²) in [7, 11) is 0. The highest BCUT2D eigenvalue weighted by molar-refractivity contribution is 5.95. The van der Waals surface area contributed by atoms with Crippen LogP contribution in [0.15, 0.2) is 18.2 Å².